The summed E-state index contributed by atoms with van der Waals surface area (Å²) in [5.74, 6) is 0.725. The highest BCUT2D eigenvalue weighted by molar-refractivity contribution is 9.10. The summed E-state index contributed by atoms with van der Waals surface area (Å²) in [5, 5.41) is 18.7. The number of hydrogen-bond acceptors (Lipinski definition) is 3. The Labute approximate surface area is 129 Å². The first-order chi connectivity index (χ1) is 9.35. The van der Waals surface area contributed by atoms with Crippen molar-refractivity contribution < 1.29 is 9.84 Å². The van der Waals surface area contributed by atoms with Gasteiger partial charge < -0.3 is 9.84 Å². The van der Waals surface area contributed by atoms with Gasteiger partial charge in [-0.15, -0.1) is 0 Å². The minimum Gasteiger partial charge on any atom is -0.493 e. The van der Waals surface area contributed by atoms with Crippen LogP contribution in [0.5, 0.6) is 5.75 Å². The van der Waals surface area contributed by atoms with Crippen LogP contribution in [0.15, 0.2) is 22.7 Å². The topological polar surface area (TPSA) is 53.2 Å². The quantitative estimate of drug-likeness (QED) is 0.738. The number of nitriles is 1. The zero-order valence-electron chi connectivity index (χ0n) is 12.3. The molecular weight excluding hydrogens is 318 g/mol. The molecule has 1 aromatic rings. The maximum absolute atomic E-state index is 9.73. The number of hydrogen-bond donors (Lipinski definition) is 1. The number of halogens is 1. The Hall–Kier alpha value is -1.05. The fourth-order valence-corrected chi connectivity index (χ4v) is 2.26. The molecule has 0 radical (unpaired) electrons. The molecule has 4 heteroatoms. The highest BCUT2D eigenvalue weighted by Crippen LogP contribution is 2.29. The number of unbranched alkanes of at least 4 members (excludes halogenated alkanes) is 1. The summed E-state index contributed by atoms with van der Waals surface area (Å²) >= 11 is 3.39. The van der Waals surface area contributed by atoms with Gasteiger partial charge in [0.1, 0.15) is 5.75 Å². The average Bonchev–Trinajstić information content (AvgIpc) is 2.39. The molecule has 0 aliphatic rings. The molecule has 0 saturated carbocycles. The Morgan fingerprint density at radius 1 is 1.40 bits per heavy atom. The van der Waals surface area contributed by atoms with Crippen LogP contribution in [-0.4, -0.2) is 11.7 Å². The standard InChI is InChI=1S/C16H22BrNO2/c1-12(19)14-10-13(17)6-7-15(14)20-9-5-4-8-16(2,3)11-18/h6-7,10,12,19H,4-5,8-9H2,1-3H3/t12-/m1/s1. The molecule has 0 unspecified atom stereocenters. The molecule has 0 aromatic heterocycles. The van der Waals surface area contributed by atoms with Crippen LogP contribution >= 0.6 is 15.9 Å². The van der Waals surface area contributed by atoms with Gasteiger partial charge in [0.25, 0.3) is 0 Å². The highest BCUT2D eigenvalue weighted by atomic mass is 79.9. The molecule has 0 aliphatic heterocycles. The lowest BCUT2D eigenvalue weighted by atomic mass is 9.89. The Bertz CT molecular complexity index is 478. The van der Waals surface area contributed by atoms with Crippen molar-refractivity contribution in [3.63, 3.8) is 0 Å². The summed E-state index contributed by atoms with van der Waals surface area (Å²) in [6.45, 7) is 6.23. The fourth-order valence-electron chi connectivity index (χ4n) is 1.88. The van der Waals surface area contributed by atoms with Crippen LogP contribution in [0.3, 0.4) is 0 Å². The average molecular weight is 340 g/mol. The Morgan fingerprint density at radius 3 is 2.70 bits per heavy atom. The molecule has 3 nitrogen and oxygen atoms in total. The van der Waals surface area contributed by atoms with Crippen LogP contribution in [0.1, 0.15) is 51.7 Å². The van der Waals surface area contributed by atoms with E-state index in [-0.39, 0.29) is 5.41 Å². The highest BCUT2D eigenvalue weighted by Gasteiger charge is 2.15. The number of rotatable bonds is 7. The maximum atomic E-state index is 9.73. The van der Waals surface area contributed by atoms with Gasteiger partial charge in [0, 0.05) is 10.0 Å². The van der Waals surface area contributed by atoms with E-state index in [2.05, 4.69) is 22.0 Å². The van der Waals surface area contributed by atoms with E-state index < -0.39 is 6.10 Å². The van der Waals surface area contributed by atoms with Crippen molar-refractivity contribution in [1.82, 2.24) is 0 Å². The van der Waals surface area contributed by atoms with Crippen molar-refractivity contribution in [2.75, 3.05) is 6.61 Å². The smallest absolute Gasteiger partial charge is 0.125 e. The summed E-state index contributed by atoms with van der Waals surface area (Å²) in [4.78, 5) is 0. The second-order valence-corrected chi connectivity index (χ2v) is 6.58. The van der Waals surface area contributed by atoms with Crippen LogP contribution in [0.25, 0.3) is 0 Å². The van der Waals surface area contributed by atoms with Crippen molar-refractivity contribution in [3.05, 3.63) is 28.2 Å². The third-order valence-corrected chi connectivity index (χ3v) is 3.67. The third kappa shape index (κ3) is 5.52. The van der Waals surface area contributed by atoms with Gasteiger partial charge >= 0.3 is 0 Å². The molecule has 1 aromatic carbocycles. The Balaban J connectivity index is 2.45. The molecule has 0 heterocycles. The number of aliphatic hydroxyl groups is 1. The normalized spacial score (nSPS) is 12.8. The van der Waals surface area contributed by atoms with Crippen molar-refractivity contribution in [3.8, 4) is 11.8 Å². The molecule has 0 fully saturated rings. The second-order valence-electron chi connectivity index (χ2n) is 5.66. The summed E-state index contributed by atoms with van der Waals surface area (Å²) < 4.78 is 6.67. The molecule has 0 bridgehead atoms. The lowest BCUT2D eigenvalue weighted by Crippen LogP contribution is -2.08. The Morgan fingerprint density at radius 2 is 2.10 bits per heavy atom. The first-order valence-electron chi connectivity index (χ1n) is 6.87. The van der Waals surface area contributed by atoms with E-state index in [4.69, 9.17) is 10.00 Å². The molecule has 0 spiro atoms. The van der Waals surface area contributed by atoms with Gasteiger partial charge in [-0.25, -0.2) is 0 Å². The molecule has 1 atom stereocenters. The largest absolute Gasteiger partial charge is 0.493 e. The van der Waals surface area contributed by atoms with Gasteiger partial charge in [-0.1, -0.05) is 15.9 Å². The maximum Gasteiger partial charge on any atom is 0.125 e. The predicted molar refractivity (Wildman–Crippen MR) is 83.5 cm³/mol. The van der Waals surface area contributed by atoms with Crippen molar-refractivity contribution in [1.29, 1.82) is 5.26 Å². The zero-order chi connectivity index (χ0) is 15.2. The lowest BCUT2D eigenvalue weighted by Gasteiger charge is -2.16. The van der Waals surface area contributed by atoms with Gasteiger partial charge in [0.05, 0.1) is 24.2 Å². The molecular formula is C16H22BrNO2. The summed E-state index contributed by atoms with van der Waals surface area (Å²) in [7, 11) is 0. The van der Waals surface area contributed by atoms with Crippen LogP contribution < -0.4 is 4.74 Å². The minimum absolute atomic E-state index is 0.262. The van der Waals surface area contributed by atoms with Crippen molar-refractivity contribution in [2.24, 2.45) is 5.41 Å². The van der Waals surface area contributed by atoms with Gasteiger partial charge in [0.15, 0.2) is 0 Å². The number of nitrogens with zero attached hydrogens (tertiary/aromatic N) is 1. The van der Waals surface area contributed by atoms with Gasteiger partial charge in [-0.2, -0.15) is 5.26 Å². The van der Waals surface area contributed by atoms with Crippen molar-refractivity contribution in [2.45, 2.75) is 46.1 Å². The molecule has 0 amide bonds. The SMILES string of the molecule is C[C@@H](O)c1cc(Br)ccc1OCCCCC(C)(C)C#N. The summed E-state index contributed by atoms with van der Waals surface area (Å²) in [6.07, 6.45) is 2.18. The molecule has 1 N–H and O–H groups in total. The van der Waals surface area contributed by atoms with E-state index in [0.717, 1.165) is 35.0 Å². The lowest BCUT2D eigenvalue weighted by molar-refractivity contribution is 0.190. The summed E-state index contributed by atoms with van der Waals surface area (Å²) in [6, 6.07) is 7.94. The molecule has 1 rings (SSSR count). The number of benzene rings is 1. The summed E-state index contributed by atoms with van der Waals surface area (Å²) in [5.41, 5.74) is 0.527. The predicted octanol–water partition coefficient (Wildman–Crippen LogP) is 4.60. The fraction of sp³-hybridized carbons (Fsp3) is 0.562. The Kier molecular flexibility index (Phi) is 6.51. The molecule has 0 aliphatic carbocycles. The number of aliphatic hydroxyl groups excluding tert-OH is 1. The monoisotopic (exact) mass is 339 g/mol. The van der Waals surface area contributed by atoms with E-state index in [9.17, 15) is 5.11 Å². The van der Waals surface area contributed by atoms with E-state index in [0.29, 0.717) is 6.61 Å². The third-order valence-electron chi connectivity index (χ3n) is 3.18. The van der Waals surface area contributed by atoms with Crippen LogP contribution in [-0.2, 0) is 0 Å². The minimum atomic E-state index is -0.556. The zero-order valence-corrected chi connectivity index (χ0v) is 13.9. The number of ether oxygens (including phenoxy) is 1. The van der Waals surface area contributed by atoms with Crippen molar-refractivity contribution >= 4 is 15.9 Å². The first-order valence-corrected chi connectivity index (χ1v) is 7.66. The molecule has 110 valence electrons. The van der Waals surface area contributed by atoms with Crippen LogP contribution in [0.2, 0.25) is 0 Å². The molecule has 20 heavy (non-hydrogen) atoms. The van der Waals surface area contributed by atoms with Gasteiger partial charge in [-0.3, -0.25) is 0 Å². The van der Waals surface area contributed by atoms with E-state index in [1.807, 2.05) is 32.0 Å². The second kappa shape index (κ2) is 7.66. The van der Waals surface area contributed by atoms with E-state index in [1.54, 1.807) is 6.92 Å². The van der Waals surface area contributed by atoms with Crippen LogP contribution in [0, 0.1) is 16.7 Å². The van der Waals surface area contributed by atoms with Crippen LogP contribution in [0.4, 0.5) is 0 Å². The van der Waals surface area contributed by atoms with E-state index in [1.165, 1.54) is 0 Å². The van der Waals surface area contributed by atoms with Gasteiger partial charge in [0.2, 0.25) is 0 Å². The van der Waals surface area contributed by atoms with Gasteiger partial charge in [-0.05, 0) is 58.2 Å². The molecule has 0 saturated heterocycles. The van der Waals surface area contributed by atoms with E-state index >= 15 is 0 Å². The first kappa shape index (κ1) is 17.0.